The Balaban J connectivity index is 1.96. The van der Waals surface area contributed by atoms with E-state index in [0.717, 1.165) is 12.8 Å². The molecule has 2 fully saturated rings. The van der Waals surface area contributed by atoms with Gasteiger partial charge in [-0.15, -0.1) is 0 Å². The number of fused-ring (bicyclic) bond motifs is 4. The van der Waals surface area contributed by atoms with Crippen LogP contribution in [0, 0.1) is 5.82 Å². The molecule has 0 aliphatic carbocycles. The van der Waals surface area contributed by atoms with E-state index in [1.165, 1.54) is 11.0 Å². The minimum atomic E-state index is -1.17. The molecular weight excluding hydrogens is 387 g/mol. The topological polar surface area (TPSA) is 50.8 Å². The molecule has 5 nitrogen and oxygen atoms in total. The molecule has 8 heteroatoms. The van der Waals surface area contributed by atoms with E-state index in [4.69, 9.17) is 21.7 Å². The van der Waals surface area contributed by atoms with Crippen molar-refractivity contribution in [3.8, 4) is 5.75 Å². The molecule has 0 aromatic heterocycles. The molecule has 0 saturated carbocycles. The number of hydrogen-bond acceptors (Lipinski definition) is 4. The first-order valence-corrected chi connectivity index (χ1v) is 8.53. The molecule has 3 heterocycles. The highest BCUT2D eigenvalue weighted by atomic mass is 79.9. The van der Waals surface area contributed by atoms with Gasteiger partial charge in [-0.3, -0.25) is 9.69 Å². The van der Waals surface area contributed by atoms with E-state index in [1.807, 2.05) is 0 Å². The van der Waals surface area contributed by atoms with Crippen molar-refractivity contribution in [1.82, 2.24) is 10.2 Å². The van der Waals surface area contributed by atoms with Gasteiger partial charge in [-0.25, -0.2) is 4.39 Å². The first-order valence-electron chi connectivity index (χ1n) is 7.33. The van der Waals surface area contributed by atoms with Crippen LogP contribution in [-0.2, 0) is 15.1 Å². The van der Waals surface area contributed by atoms with E-state index in [9.17, 15) is 9.18 Å². The Bertz CT molecular complexity index is 731. The highest BCUT2D eigenvalue weighted by Gasteiger charge is 2.62. The highest BCUT2D eigenvalue weighted by Crippen LogP contribution is 2.47. The van der Waals surface area contributed by atoms with Gasteiger partial charge in [0.25, 0.3) is 5.91 Å². The Hall–Kier alpha value is -1.25. The number of likely N-dealkylation sites (N-methyl/N-ethyl adjacent to an activating group) is 1. The van der Waals surface area contributed by atoms with Gasteiger partial charge in [-0.1, -0.05) is 0 Å². The predicted octanol–water partition coefficient (Wildman–Crippen LogP) is 2.07. The van der Waals surface area contributed by atoms with Crippen molar-refractivity contribution in [3.63, 3.8) is 0 Å². The molecule has 122 valence electrons. The van der Waals surface area contributed by atoms with Crippen molar-refractivity contribution >= 4 is 39.2 Å². The fourth-order valence-electron chi connectivity index (χ4n) is 3.57. The van der Waals surface area contributed by atoms with E-state index in [2.05, 4.69) is 21.2 Å². The Morgan fingerprint density at radius 1 is 1.52 bits per heavy atom. The van der Waals surface area contributed by atoms with Crippen LogP contribution < -0.4 is 10.1 Å². The monoisotopic (exact) mass is 400 g/mol. The summed E-state index contributed by atoms with van der Waals surface area (Å²) < 4.78 is 26.1. The largest absolute Gasteiger partial charge is 0.487 e. The lowest BCUT2D eigenvalue weighted by atomic mass is 9.77. The van der Waals surface area contributed by atoms with E-state index >= 15 is 0 Å². The summed E-state index contributed by atoms with van der Waals surface area (Å²) in [5.41, 5.74) is -0.619. The predicted molar refractivity (Wildman–Crippen MR) is 87.7 cm³/mol. The molecule has 1 N–H and O–H groups in total. The number of halogens is 2. The summed E-state index contributed by atoms with van der Waals surface area (Å²) >= 11 is 8.45. The average Bonchev–Trinajstić information content (AvgIpc) is 2.75. The summed E-state index contributed by atoms with van der Waals surface area (Å²) in [5.74, 6) is -0.283. The Morgan fingerprint density at radius 2 is 2.30 bits per heavy atom. The Kier molecular flexibility index (Phi) is 3.40. The minimum absolute atomic E-state index is 0.206. The molecule has 0 radical (unpaired) electrons. The molecule has 4 rings (SSSR count). The summed E-state index contributed by atoms with van der Waals surface area (Å²) in [7, 11) is 1.62. The zero-order valence-electron chi connectivity index (χ0n) is 12.3. The van der Waals surface area contributed by atoms with E-state index in [0.29, 0.717) is 23.0 Å². The number of carbonyl (C=O) groups excluding carboxylic acids is 1. The van der Waals surface area contributed by atoms with Gasteiger partial charge < -0.3 is 14.8 Å². The van der Waals surface area contributed by atoms with Gasteiger partial charge in [-0.2, -0.15) is 0 Å². The molecule has 0 unspecified atom stereocenters. The van der Waals surface area contributed by atoms with Crippen molar-refractivity contribution < 1.29 is 18.7 Å². The summed E-state index contributed by atoms with van der Waals surface area (Å²) in [5, 5.41) is 3.46. The summed E-state index contributed by atoms with van der Waals surface area (Å²) in [6, 6.07) is 2.88. The zero-order valence-corrected chi connectivity index (χ0v) is 14.7. The second kappa shape index (κ2) is 5.12. The number of benzene rings is 1. The van der Waals surface area contributed by atoms with Gasteiger partial charge in [0.2, 0.25) is 0 Å². The Morgan fingerprint density at radius 3 is 3.00 bits per heavy atom. The first-order chi connectivity index (χ1) is 10.9. The maximum atomic E-state index is 14.0. The fraction of sp³-hybridized carbons (Fsp3) is 0.467. The van der Waals surface area contributed by atoms with Crippen molar-refractivity contribution in [2.24, 2.45) is 0 Å². The van der Waals surface area contributed by atoms with E-state index in [1.54, 1.807) is 13.1 Å². The summed E-state index contributed by atoms with van der Waals surface area (Å²) in [4.78, 5) is 14.4. The summed E-state index contributed by atoms with van der Waals surface area (Å²) in [6.07, 6.45) is 0.758. The molecule has 1 spiro atoms. The number of nitrogens with zero attached hydrogens (tertiary/aromatic N) is 1. The van der Waals surface area contributed by atoms with E-state index in [-0.39, 0.29) is 16.5 Å². The molecule has 23 heavy (non-hydrogen) atoms. The third-order valence-electron chi connectivity index (χ3n) is 4.67. The second-order valence-electron chi connectivity index (χ2n) is 5.95. The van der Waals surface area contributed by atoms with Gasteiger partial charge in [0.15, 0.2) is 10.7 Å². The number of carbonyl (C=O) groups is 1. The molecule has 2 saturated heterocycles. The number of hydrogen-bond donors (Lipinski definition) is 1. The lowest BCUT2D eigenvalue weighted by Crippen LogP contribution is -2.63. The molecule has 3 aliphatic rings. The maximum absolute atomic E-state index is 14.0. The number of nitrogens with one attached hydrogen (secondary N) is 1. The van der Waals surface area contributed by atoms with Crippen molar-refractivity contribution in [3.05, 3.63) is 28.0 Å². The molecule has 0 bridgehead atoms. The zero-order chi connectivity index (χ0) is 16.4. The van der Waals surface area contributed by atoms with Crippen molar-refractivity contribution in [2.75, 3.05) is 13.7 Å². The van der Waals surface area contributed by atoms with Gasteiger partial charge in [0, 0.05) is 25.3 Å². The lowest BCUT2D eigenvalue weighted by Gasteiger charge is -2.46. The number of thiocarbonyl (C=S) groups is 1. The van der Waals surface area contributed by atoms with Gasteiger partial charge in [0.05, 0.1) is 4.47 Å². The average molecular weight is 401 g/mol. The second-order valence-corrected chi connectivity index (χ2v) is 7.20. The fourth-order valence-corrected chi connectivity index (χ4v) is 4.15. The van der Waals surface area contributed by atoms with Crippen LogP contribution in [0.1, 0.15) is 18.4 Å². The number of ether oxygens (including phenoxy) is 2. The normalized spacial score (nSPS) is 32.4. The van der Waals surface area contributed by atoms with Crippen LogP contribution in [0.5, 0.6) is 5.75 Å². The summed E-state index contributed by atoms with van der Waals surface area (Å²) in [6.45, 7) is 0.551. The Labute approximate surface area is 146 Å². The van der Waals surface area contributed by atoms with Crippen molar-refractivity contribution in [1.29, 1.82) is 0 Å². The van der Waals surface area contributed by atoms with E-state index < -0.39 is 17.5 Å². The SMILES string of the molecule is CN1C(=O)[C@@]2(NC1=S)c1cc(Br)c(F)cc1O[C@H]1CCCO[C@@H]12. The standard InChI is InChI=1S/C15H14BrFN2O3S/c1-19-13(20)15(18-14(19)23)7-5-8(16)9(17)6-11(7)22-10-3-2-4-21-12(10)15/h5-6,10,12H,2-4H2,1H3,(H,18,23)/t10-,12-,15+/m0/s1. The minimum Gasteiger partial charge on any atom is -0.487 e. The van der Waals surface area contributed by atoms with Crippen LogP contribution in [0.15, 0.2) is 16.6 Å². The smallest absolute Gasteiger partial charge is 0.261 e. The van der Waals surface area contributed by atoms with Gasteiger partial charge >= 0.3 is 0 Å². The highest BCUT2D eigenvalue weighted by molar-refractivity contribution is 9.10. The van der Waals surface area contributed by atoms with Gasteiger partial charge in [0.1, 0.15) is 23.8 Å². The van der Waals surface area contributed by atoms with Crippen LogP contribution in [0.25, 0.3) is 0 Å². The van der Waals surface area contributed by atoms with Crippen LogP contribution in [0.2, 0.25) is 0 Å². The van der Waals surface area contributed by atoms with Crippen LogP contribution >= 0.6 is 28.1 Å². The van der Waals surface area contributed by atoms with Crippen LogP contribution in [-0.4, -0.2) is 41.8 Å². The van der Waals surface area contributed by atoms with Gasteiger partial charge in [-0.05, 0) is 47.1 Å². The van der Waals surface area contributed by atoms with Crippen LogP contribution in [0.3, 0.4) is 0 Å². The number of rotatable bonds is 0. The maximum Gasteiger partial charge on any atom is 0.261 e. The quantitative estimate of drug-likeness (QED) is 0.675. The molecule has 1 amide bonds. The molecule has 1 aromatic rings. The molecule has 1 aromatic carbocycles. The molecular formula is C15H14BrFN2O3S. The van der Waals surface area contributed by atoms with Crippen LogP contribution in [0.4, 0.5) is 4.39 Å². The molecule has 3 aliphatic heterocycles. The molecule has 3 atom stereocenters. The first kappa shape index (κ1) is 15.3. The third kappa shape index (κ3) is 1.98. The van der Waals surface area contributed by atoms with Crippen molar-refractivity contribution in [2.45, 2.75) is 30.6 Å². The third-order valence-corrected chi connectivity index (χ3v) is 5.65. The number of amides is 1. The lowest BCUT2D eigenvalue weighted by molar-refractivity contribution is -0.153.